The smallest absolute Gasteiger partial charge is 0.164 e. The van der Waals surface area contributed by atoms with Gasteiger partial charge in [0, 0.05) is 27.8 Å². The van der Waals surface area contributed by atoms with Gasteiger partial charge in [0.1, 0.15) is 11.5 Å². The van der Waals surface area contributed by atoms with Gasteiger partial charge in [0.15, 0.2) is 17.5 Å². The summed E-state index contributed by atoms with van der Waals surface area (Å²) in [6, 6.07) is 79.7. The topological polar surface area (TPSA) is 47.9 Å². The van der Waals surface area contributed by atoms with Gasteiger partial charge in [-0.1, -0.05) is 194 Å². The number of rotatable bonds is 5. The second-order valence-electron chi connectivity index (χ2n) is 16.7. The van der Waals surface area contributed by atoms with Crippen LogP contribution in [0.5, 0.6) is 11.5 Å². The van der Waals surface area contributed by atoms with Crippen molar-refractivity contribution in [2.24, 2.45) is 0 Å². The molecule has 10 aromatic carbocycles. The summed E-state index contributed by atoms with van der Waals surface area (Å²) in [5.74, 6) is 3.55. The van der Waals surface area contributed by atoms with E-state index in [0.717, 1.165) is 72.7 Å². The van der Waals surface area contributed by atoms with Crippen molar-refractivity contribution in [1.82, 2.24) is 15.0 Å². The number of para-hydroxylation sites is 2. The molecule has 13 rings (SSSR count). The van der Waals surface area contributed by atoms with Gasteiger partial charge >= 0.3 is 0 Å². The Morgan fingerprint density at radius 3 is 1.58 bits per heavy atom. The van der Waals surface area contributed by atoms with Crippen LogP contribution < -0.4 is 4.74 Å². The molecule has 1 aliphatic carbocycles. The van der Waals surface area contributed by atoms with E-state index in [-0.39, 0.29) is 0 Å². The largest absolute Gasteiger partial charge is 0.457 e. The predicted molar refractivity (Wildman–Crippen MR) is 259 cm³/mol. The average molecular weight is 816 g/mol. The van der Waals surface area contributed by atoms with Crippen LogP contribution in [0.1, 0.15) is 22.3 Å². The molecule has 0 saturated carbocycles. The minimum Gasteiger partial charge on any atom is -0.457 e. The fourth-order valence-corrected chi connectivity index (χ4v) is 10.4. The lowest BCUT2D eigenvalue weighted by molar-refractivity contribution is 0.436. The molecule has 4 nitrogen and oxygen atoms in total. The number of benzene rings is 10. The van der Waals surface area contributed by atoms with Crippen molar-refractivity contribution in [3.63, 3.8) is 0 Å². The molecule has 1 aliphatic heterocycles. The van der Waals surface area contributed by atoms with Crippen molar-refractivity contribution in [3.8, 4) is 79.0 Å². The van der Waals surface area contributed by atoms with Crippen LogP contribution in [0, 0.1) is 0 Å². The van der Waals surface area contributed by atoms with E-state index >= 15 is 0 Å². The Hall–Kier alpha value is -8.47. The molecular formula is C60H37N3O. The summed E-state index contributed by atoms with van der Waals surface area (Å²) < 4.78 is 6.63. The van der Waals surface area contributed by atoms with Crippen molar-refractivity contribution in [3.05, 3.63) is 247 Å². The number of hydrogen-bond acceptors (Lipinski definition) is 4. The Labute approximate surface area is 370 Å². The van der Waals surface area contributed by atoms with Crippen LogP contribution in [0.2, 0.25) is 0 Å². The van der Waals surface area contributed by atoms with Crippen molar-refractivity contribution in [2.75, 3.05) is 0 Å². The van der Waals surface area contributed by atoms with E-state index in [2.05, 4.69) is 224 Å². The van der Waals surface area contributed by atoms with Crippen LogP contribution in [0.15, 0.2) is 224 Å². The summed E-state index contributed by atoms with van der Waals surface area (Å²) in [5.41, 5.74) is 13.5. The molecule has 0 saturated heterocycles. The maximum Gasteiger partial charge on any atom is 0.164 e. The fourth-order valence-electron chi connectivity index (χ4n) is 10.4. The molecule has 0 amide bonds. The molecule has 0 unspecified atom stereocenters. The standard InChI is InChI=1S/C60H37N3O/c1-2-17-40-35-42(34-33-38(40)15-1)41-19-11-21-44(36-41)57-61-58(45-22-12-20-43(37-45)47-25-13-18-39-16-3-4-23-46(39)47)63-59(62-57)49-26-14-30-53-56(49)48-24-5-6-27-50(48)60(53)51-28-7-9-31-54(51)64-55-32-10-8-29-52(55)60/h1-37H. The second-order valence-corrected chi connectivity index (χ2v) is 16.7. The van der Waals surface area contributed by atoms with Crippen LogP contribution in [0.25, 0.3) is 89.1 Å². The molecule has 1 spiro atoms. The van der Waals surface area contributed by atoms with E-state index in [0.29, 0.717) is 17.5 Å². The molecule has 1 aromatic heterocycles. The summed E-state index contributed by atoms with van der Waals surface area (Å²) >= 11 is 0. The molecule has 0 fully saturated rings. The highest BCUT2D eigenvalue weighted by Crippen LogP contribution is 2.63. The lowest BCUT2D eigenvalue weighted by Crippen LogP contribution is -2.32. The third-order valence-electron chi connectivity index (χ3n) is 13.2. The molecule has 64 heavy (non-hydrogen) atoms. The zero-order valence-corrected chi connectivity index (χ0v) is 34.6. The highest BCUT2D eigenvalue weighted by atomic mass is 16.5. The average Bonchev–Trinajstić information content (AvgIpc) is 3.66. The molecule has 298 valence electrons. The Kier molecular flexibility index (Phi) is 8.09. The quantitative estimate of drug-likeness (QED) is 0.174. The molecular weight excluding hydrogens is 779 g/mol. The molecule has 0 atom stereocenters. The lowest BCUT2D eigenvalue weighted by atomic mass is 9.66. The molecule has 4 heteroatoms. The van der Waals surface area contributed by atoms with Crippen LogP contribution in [0.3, 0.4) is 0 Å². The molecule has 2 heterocycles. The number of nitrogens with zero attached hydrogens (tertiary/aromatic N) is 3. The van der Waals surface area contributed by atoms with E-state index in [1.807, 2.05) is 0 Å². The van der Waals surface area contributed by atoms with Gasteiger partial charge in [-0.15, -0.1) is 0 Å². The van der Waals surface area contributed by atoms with Crippen molar-refractivity contribution in [2.45, 2.75) is 5.41 Å². The first kappa shape index (κ1) is 36.2. The summed E-state index contributed by atoms with van der Waals surface area (Å²) in [7, 11) is 0. The first-order chi connectivity index (χ1) is 31.7. The molecule has 0 radical (unpaired) electrons. The summed E-state index contributed by atoms with van der Waals surface area (Å²) in [6.45, 7) is 0. The van der Waals surface area contributed by atoms with E-state index < -0.39 is 5.41 Å². The third-order valence-corrected chi connectivity index (χ3v) is 13.2. The van der Waals surface area contributed by atoms with Crippen molar-refractivity contribution in [1.29, 1.82) is 0 Å². The zero-order chi connectivity index (χ0) is 42.2. The van der Waals surface area contributed by atoms with E-state index in [1.54, 1.807) is 0 Å². The van der Waals surface area contributed by atoms with E-state index in [1.165, 1.54) is 32.7 Å². The SMILES string of the molecule is c1cc(-c2ccc3ccccc3c2)cc(-c2nc(-c3cccc(-c4cccc5ccccc45)c3)nc(-c3cccc4c3-c3ccccc3C43c4ccccc4Oc4ccccc43)n2)c1. The van der Waals surface area contributed by atoms with Crippen LogP contribution in [0.4, 0.5) is 0 Å². The predicted octanol–water partition coefficient (Wildman–Crippen LogP) is 15.0. The first-order valence-corrected chi connectivity index (χ1v) is 21.8. The van der Waals surface area contributed by atoms with Gasteiger partial charge in [-0.05, 0) is 96.4 Å². The first-order valence-electron chi connectivity index (χ1n) is 21.8. The minimum atomic E-state index is -0.618. The van der Waals surface area contributed by atoms with Crippen molar-refractivity contribution >= 4 is 21.5 Å². The van der Waals surface area contributed by atoms with E-state index in [4.69, 9.17) is 19.7 Å². The Morgan fingerprint density at radius 2 is 0.797 bits per heavy atom. The van der Waals surface area contributed by atoms with Gasteiger partial charge in [-0.2, -0.15) is 0 Å². The molecule has 0 bridgehead atoms. The number of hydrogen-bond donors (Lipinski definition) is 0. The fraction of sp³-hybridized carbons (Fsp3) is 0.0167. The third kappa shape index (κ3) is 5.52. The van der Waals surface area contributed by atoms with Gasteiger partial charge in [0.2, 0.25) is 0 Å². The van der Waals surface area contributed by atoms with Gasteiger partial charge < -0.3 is 4.74 Å². The highest BCUT2D eigenvalue weighted by molar-refractivity contribution is 5.98. The molecule has 2 aliphatic rings. The zero-order valence-electron chi connectivity index (χ0n) is 34.6. The van der Waals surface area contributed by atoms with Gasteiger partial charge in [0.05, 0.1) is 5.41 Å². The number of aromatic nitrogens is 3. The molecule has 11 aromatic rings. The summed E-state index contributed by atoms with van der Waals surface area (Å²) in [4.78, 5) is 16.2. The van der Waals surface area contributed by atoms with Crippen LogP contribution in [-0.4, -0.2) is 15.0 Å². The monoisotopic (exact) mass is 815 g/mol. The van der Waals surface area contributed by atoms with Crippen molar-refractivity contribution < 1.29 is 4.74 Å². The highest BCUT2D eigenvalue weighted by Gasteiger charge is 2.51. The van der Waals surface area contributed by atoms with E-state index in [9.17, 15) is 0 Å². The summed E-state index contributed by atoms with van der Waals surface area (Å²) in [5, 5.41) is 4.82. The lowest BCUT2D eigenvalue weighted by Gasteiger charge is -2.39. The normalized spacial score (nSPS) is 12.9. The van der Waals surface area contributed by atoms with Crippen LogP contribution >= 0.6 is 0 Å². The Morgan fingerprint density at radius 1 is 0.297 bits per heavy atom. The van der Waals surface area contributed by atoms with Gasteiger partial charge in [-0.25, -0.2) is 15.0 Å². The Bertz CT molecular complexity index is 3630. The number of ether oxygens (including phenoxy) is 1. The minimum absolute atomic E-state index is 0.610. The van der Waals surface area contributed by atoms with Gasteiger partial charge in [-0.3, -0.25) is 0 Å². The van der Waals surface area contributed by atoms with Crippen LogP contribution in [-0.2, 0) is 5.41 Å². The maximum absolute atomic E-state index is 6.63. The van der Waals surface area contributed by atoms with Gasteiger partial charge in [0.25, 0.3) is 0 Å². The Balaban J connectivity index is 1.05. The summed E-state index contributed by atoms with van der Waals surface area (Å²) in [6.07, 6.45) is 0. The molecule has 0 N–H and O–H groups in total. The second kappa shape index (κ2) is 14.3. The number of fused-ring (bicyclic) bond motifs is 11. The maximum atomic E-state index is 6.63.